The van der Waals surface area contributed by atoms with Gasteiger partial charge in [0.2, 0.25) is 5.91 Å². The summed E-state index contributed by atoms with van der Waals surface area (Å²) in [5.74, 6) is 1.92. The Morgan fingerprint density at radius 1 is 1.25 bits per heavy atom. The largest absolute Gasteiger partial charge is 0.456 e. The molecule has 1 saturated carbocycles. The fourth-order valence-electron chi connectivity index (χ4n) is 5.44. The number of piperidine rings is 1. The molecule has 7 heteroatoms. The molecule has 2 aromatic carbocycles. The van der Waals surface area contributed by atoms with E-state index in [1.165, 1.54) is 12.8 Å². The average molecular weight is 484 g/mol. The van der Waals surface area contributed by atoms with Crippen molar-refractivity contribution in [2.45, 2.75) is 50.0 Å². The number of aryl methyl sites for hydroxylation is 1. The quantitative estimate of drug-likeness (QED) is 0.504. The molecule has 2 N–H and O–H groups in total. The van der Waals surface area contributed by atoms with Gasteiger partial charge in [-0.15, -0.1) is 0 Å². The molecule has 5 rings (SSSR count). The number of carbonyl (C=O) groups excluding carboxylic acids is 1. The van der Waals surface area contributed by atoms with Gasteiger partial charge in [-0.05, 0) is 60.6 Å². The zero-order valence-corrected chi connectivity index (χ0v) is 21.0. The van der Waals surface area contributed by atoms with Gasteiger partial charge in [0.15, 0.2) is 0 Å². The number of rotatable bonds is 8. The second-order valence-corrected chi connectivity index (χ2v) is 10.4. The number of imidazole rings is 1. The van der Waals surface area contributed by atoms with Gasteiger partial charge in [-0.1, -0.05) is 31.0 Å². The number of hydrogen-bond donors (Lipinski definition) is 1. The van der Waals surface area contributed by atoms with Crippen LogP contribution >= 0.6 is 0 Å². The van der Waals surface area contributed by atoms with Gasteiger partial charge in [0.1, 0.15) is 17.6 Å². The van der Waals surface area contributed by atoms with Crippen LogP contribution in [-0.2, 0) is 23.7 Å². The van der Waals surface area contributed by atoms with Gasteiger partial charge in [0, 0.05) is 45.0 Å². The Kier molecular flexibility index (Phi) is 6.55. The number of likely N-dealkylation sites (tertiary alicyclic amines) is 1. The highest BCUT2D eigenvalue weighted by Crippen LogP contribution is 2.47. The molecule has 2 heterocycles. The molecular formula is C29H33N5O2. The summed E-state index contributed by atoms with van der Waals surface area (Å²) in [7, 11) is 3.85. The smallest absolute Gasteiger partial charge is 0.232 e. The Morgan fingerprint density at radius 3 is 2.81 bits per heavy atom. The molecule has 1 aliphatic carbocycles. The standard InChI is InChI=1S/C29H33N5O2/c1-33-12-4-11-29(28(33)35,16-20-7-8-20)23-5-3-6-25(14-23)36-27-13-21(9-10-22(27)17-30)26(31)15-24-18-32-19-34(24)2/h3,5-6,9-10,13-14,18-20,26H,4,7-8,11-12,15-16,31H2,1-2H3. The maximum absolute atomic E-state index is 13.5. The SMILES string of the molecule is CN1CCCC(CC2CC2)(c2cccc(Oc3cc(C(N)Cc4cncn4C)ccc3C#N)c2)C1=O. The van der Waals surface area contributed by atoms with Crippen LogP contribution < -0.4 is 10.5 Å². The van der Waals surface area contributed by atoms with Crippen molar-refractivity contribution in [3.05, 3.63) is 77.4 Å². The highest BCUT2D eigenvalue weighted by Gasteiger charge is 2.47. The molecule has 186 valence electrons. The van der Waals surface area contributed by atoms with E-state index in [1.807, 2.05) is 60.1 Å². The maximum Gasteiger partial charge on any atom is 0.232 e. The van der Waals surface area contributed by atoms with Crippen LogP contribution in [0.25, 0.3) is 0 Å². The monoisotopic (exact) mass is 483 g/mol. The molecule has 2 aliphatic rings. The van der Waals surface area contributed by atoms with Crippen LogP contribution in [0.4, 0.5) is 0 Å². The van der Waals surface area contributed by atoms with Crippen molar-refractivity contribution in [2.75, 3.05) is 13.6 Å². The first kappa shape index (κ1) is 24.1. The van der Waals surface area contributed by atoms with E-state index in [2.05, 4.69) is 17.1 Å². The van der Waals surface area contributed by atoms with Gasteiger partial charge in [0.05, 0.1) is 17.3 Å². The summed E-state index contributed by atoms with van der Waals surface area (Å²) in [4.78, 5) is 19.5. The Balaban J connectivity index is 1.43. The molecule has 1 aliphatic heterocycles. The summed E-state index contributed by atoms with van der Waals surface area (Å²) in [5.41, 5.74) is 9.37. The van der Waals surface area contributed by atoms with E-state index in [0.717, 1.165) is 42.6 Å². The molecule has 2 unspecified atom stereocenters. The summed E-state index contributed by atoms with van der Waals surface area (Å²) in [5, 5.41) is 9.72. The lowest BCUT2D eigenvalue weighted by Crippen LogP contribution is -2.50. The van der Waals surface area contributed by atoms with Crippen molar-refractivity contribution in [2.24, 2.45) is 18.7 Å². The van der Waals surface area contributed by atoms with Crippen LogP contribution in [0, 0.1) is 17.2 Å². The molecule has 3 aromatic rings. The lowest BCUT2D eigenvalue weighted by atomic mass is 9.70. The van der Waals surface area contributed by atoms with Crippen molar-refractivity contribution in [3.8, 4) is 17.6 Å². The molecule has 1 amide bonds. The number of carbonyl (C=O) groups is 1. The zero-order chi connectivity index (χ0) is 25.3. The zero-order valence-electron chi connectivity index (χ0n) is 21.0. The summed E-state index contributed by atoms with van der Waals surface area (Å²) in [6.45, 7) is 0.804. The third kappa shape index (κ3) is 4.74. The van der Waals surface area contributed by atoms with E-state index in [4.69, 9.17) is 10.5 Å². The number of aromatic nitrogens is 2. The number of hydrogen-bond acceptors (Lipinski definition) is 5. The molecule has 2 atom stereocenters. The Bertz CT molecular complexity index is 1300. The molecule has 0 bridgehead atoms. The summed E-state index contributed by atoms with van der Waals surface area (Å²) in [6.07, 6.45) is 9.34. The number of amides is 1. The average Bonchev–Trinajstić information content (AvgIpc) is 3.61. The number of nitriles is 1. The second kappa shape index (κ2) is 9.79. The van der Waals surface area contributed by atoms with Gasteiger partial charge in [-0.25, -0.2) is 4.98 Å². The number of nitrogens with two attached hydrogens (primary N) is 1. The van der Waals surface area contributed by atoms with Gasteiger partial charge < -0.3 is 19.9 Å². The first-order valence-electron chi connectivity index (χ1n) is 12.7. The van der Waals surface area contributed by atoms with Crippen molar-refractivity contribution in [1.82, 2.24) is 14.5 Å². The molecule has 7 nitrogen and oxygen atoms in total. The second-order valence-electron chi connectivity index (χ2n) is 10.4. The van der Waals surface area contributed by atoms with Crippen molar-refractivity contribution >= 4 is 5.91 Å². The maximum atomic E-state index is 13.5. The Hall–Kier alpha value is -3.63. The molecular weight excluding hydrogens is 450 g/mol. The van der Waals surface area contributed by atoms with E-state index < -0.39 is 5.41 Å². The molecule has 2 fully saturated rings. The van der Waals surface area contributed by atoms with Crippen molar-refractivity contribution in [3.63, 3.8) is 0 Å². The fraction of sp³-hybridized carbons (Fsp3) is 0.414. The van der Waals surface area contributed by atoms with E-state index in [-0.39, 0.29) is 11.9 Å². The first-order chi connectivity index (χ1) is 17.4. The van der Waals surface area contributed by atoms with Gasteiger partial charge in [-0.2, -0.15) is 5.26 Å². The van der Waals surface area contributed by atoms with Gasteiger partial charge >= 0.3 is 0 Å². The lowest BCUT2D eigenvalue weighted by Gasteiger charge is -2.41. The van der Waals surface area contributed by atoms with E-state index in [0.29, 0.717) is 29.4 Å². The van der Waals surface area contributed by atoms with Gasteiger partial charge in [0.25, 0.3) is 0 Å². The Morgan fingerprint density at radius 2 is 2.08 bits per heavy atom. The summed E-state index contributed by atoms with van der Waals surface area (Å²) < 4.78 is 8.24. The first-order valence-corrected chi connectivity index (χ1v) is 12.7. The van der Waals surface area contributed by atoms with E-state index in [9.17, 15) is 10.1 Å². The minimum atomic E-state index is -0.501. The summed E-state index contributed by atoms with van der Waals surface area (Å²) in [6, 6.07) is 15.3. The van der Waals surface area contributed by atoms with Crippen molar-refractivity contribution < 1.29 is 9.53 Å². The van der Waals surface area contributed by atoms with Crippen LogP contribution in [0.5, 0.6) is 11.5 Å². The van der Waals surface area contributed by atoms with Crippen LogP contribution in [0.2, 0.25) is 0 Å². The fourth-order valence-corrected chi connectivity index (χ4v) is 5.44. The topological polar surface area (TPSA) is 97.2 Å². The molecule has 0 spiro atoms. The Labute approximate surface area is 212 Å². The summed E-state index contributed by atoms with van der Waals surface area (Å²) >= 11 is 0. The highest BCUT2D eigenvalue weighted by molar-refractivity contribution is 5.89. The molecule has 36 heavy (non-hydrogen) atoms. The normalized spacial score (nSPS) is 20.7. The number of ether oxygens (including phenoxy) is 1. The van der Waals surface area contributed by atoms with Crippen LogP contribution in [0.1, 0.15) is 60.5 Å². The van der Waals surface area contributed by atoms with Crippen LogP contribution in [-0.4, -0.2) is 34.0 Å². The molecule has 1 saturated heterocycles. The third-order valence-electron chi connectivity index (χ3n) is 7.70. The van der Waals surface area contributed by atoms with Crippen LogP contribution in [0.15, 0.2) is 55.0 Å². The van der Waals surface area contributed by atoms with Gasteiger partial charge in [-0.3, -0.25) is 4.79 Å². The number of nitrogens with zero attached hydrogens (tertiary/aromatic N) is 4. The van der Waals surface area contributed by atoms with Crippen molar-refractivity contribution in [1.29, 1.82) is 5.26 Å². The minimum absolute atomic E-state index is 0.207. The third-order valence-corrected chi connectivity index (χ3v) is 7.70. The number of likely N-dealkylation sites (N-methyl/N-ethyl adjacent to an activating group) is 1. The molecule has 0 radical (unpaired) electrons. The number of benzene rings is 2. The van der Waals surface area contributed by atoms with E-state index in [1.54, 1.807) is 12.4 Å². The lowest BCUT2D eigenvalue weighted by molar-refractivity contribution is -0.139. The minimum Gasteiger partial charge on any atom is -0.456 e. The molecule has 1 aromatic heterocycles. The predicted octanol–water partition coefficient (Wildman–Crippen LogP) is 4.62. The predicted molar refractivity (Wildman–Crippen MR) is 137 cm³/mol. The van der Waals surface area contributed by atoms with Crippen LogP contribution in [0.3, 0.4) is 0 Å². The highest BCUT2D eigenvalue weighted by atomic mass is 16.5. The van der Waals surface area contributed by atoms with E-state index >= 15 is 0 Å².